The summed E-state index contributed by atoms with van der Waals surface area (Å²) < 4.78 is 5.90. The highest BCUT2D eigenvalue weighted by atomic mass is 35.5. The first kappa shape index (κ1) is 16.3. The molecule has 0 amide bonds. The molecule has 1 saturated heterocycles. The van der Waals surface area contributed by atoms with Crippen molar-refractivity contribution in [2.45, 2.75) is 19.3 Å². The Kier molecular flexibility index (Phi) is 7.07. The van der Waals surface area contributed by atoms with E-state index < -0.39 is 0 Å². The van der Waals surface area contributed by atoms with Crippen LogP contribution in [-0.4, -0.2) is 44.2 Å². The van der Waals surface area contributed by atoms with Crippen LogP contribution in [0.1, 0.15) is 18.4 Å². The number of hydrogen-bond donors (Lipinski definition) is 1. The Morgan fingerprint density at radius 2 is 2.10 bits per heavy atom. The average molecular weight is 309 g/mol. The van der Waals surface area contributed by atoms with Crippen LogP contribution in [-0.2, 0) is 6.42 Å². The monoisotopic (exact) mass is 308 g/mol. The maximum Gasteiger partial charge on any atom is 0.122 e. The first-order valence-corrected chi connectivity index (χ1v) is 8.12. The number of nitrogens with one attached hydrogen (secondary N) is 1. The second-order valence-corrected chi connectivity index (χ2v) is 5.83. The Hall–Kier alpha value is -1.03. The fourth-order valence-corrected chi connectivity index (χ4v) is 2.75. The molecule has 1 aromatic rings. The molecule has 1 N–H and O–H groups in total. The van der Waals surface area contributed by atoms with Crippen molar-refractivity contribution in [2.75, 3.05) is 39.3 Å². The van der Waals surface area contributed by atoms with E-state index in [2.05, 4.69) is 16.8 Å². The van der Waals surface area contributed by atoms with Gasteiger partial charge < -0.3 is 15.0 Å². The predicted octanol–water partition coefficient (Wildman–Crippen LogP) is 3.13. The van der Waals surface area contributed by atoms with E-state index in [-0.39, 0.29) is 0 Å². The number of halogens is 1. The zero-order chi connectivity index (χ0) is 14.9. The van der Waals surface area contributed by atoms with Crippen LogP contribution in [0.3, 0.4) is 0 Å². The second kappa shape index (κ2) is 9.08. The maximum absolute atomic E-state index is 6.02. The van der Waals surface area contributed by atoms with E-state index in [1.165, 1.54) is 26.1 Å². The third-order valence-corrected chi connectivity index (χ3v) is 3.96. The van der Waals surface area contributed by atoms with Crippen molar-refractivity contribution in [3.05, 3.63) is 41.4 Å². The third-order valence-electron chi connectivity index (χ3n) is 3.72. The summed E-state index contributed by atoms with van der Waals surface area (Å²) in [5, 5.41) is 4.12. The summed E-state index contributed by atoms with van der Waals surface area (Å²) in [5.41, 5.74) is 1.11. The standard InChI is InChI=1S/C17H25ClN2O/c1-2-5-15-14-16(18)6-7-17(15)21-13-4-3-10-20-11-8-19-9-12-20/h2,6-7,14,19H,1,3-5,8-13H2. The van der Waals surface area contributed by atoms with Gasteiger partial charge in [-0.15, -0.1) is 6.58 Å². The fraction of sp³-hybridized carbons (Fsp3) is 0.529. The van der Waals surface area contributed by atoms with E-state index >= 15 is 0 Å². The summed E-state index contributed by atoms with van der Waals surface area (Å²) >= 11 is 6.02. The average Bonchev–Trinajstić information content (AvgIpc) is 2.50. The van der Waals surface area contributed by atoms with Gasteiger partial charge in [0, 0.05) is 31.2 Å². The molecule has 1 heterocycles. The Morgan fingerprint density at radius 3 is 2.86 bits per heavy atom. The van der Waals surface area contributed by atoms with E-state index in [9.17, 15) is 0 Å². The lowest BCUT2D eigenvalue weighted by Crippen LogP contribution is -2.43. The molecular formula is C17H25ClN2O. The molecule has 21 heavy (non-hydrogen) atoms. The molecule has 0 radical (unpaired) electrons. The van der Waals surface area contributed by atoms with Gasteiger partial charge in [0.1, 0.15) is 5.75 Å². The summed E-state index contributed by atoms with van der Waals surface area (Å²) in [7, 11) is 0. The first-order valence-electron chi connectivity index (χ1n) is 7.75. The van der Waals surface area contributed by atoms with Crippen LogP contribution in [0, 0.1) is 0 Å². The van der Waals surface area contributed by atoms with Crippen molar-refractivity contribution in [3.8, 4) is 5.75 Å². The van der Waals surface area contributed by atoms with Gasteiger partial charge in [-0.1, -0.05) is 17.7 Å². The van der Waals surface area contributed by atoms with Crippen LogP contribution in [0.15, 0.2) is 30.9 Å². The lowest BCUT2D eigenvalue weighted by molar-refractivity contribution is 0.226. The number of benzene rings is 1. The largest absolute Gasteiger partial charge is 0.493 e. The van der Waals surface area contributed by atoms with E-state index in [1.807, 2.05) is 24.3 Å². The highest BCUT2D eigenvalue weighted by molar-refractivity contribution is 6.30. The summed E-state index contributed by atoms with van der Waals surface area (Å²) in [4.78, 5) is 2.52. The molecule has 2 rings (SSSR count). The number of piperazine rings is 1. The minimum Gasteiger partial charge on any atom is -0.493 e. The molecular weight excluding hydrogens is 284 g/mol. The van der Waals surface area contributed by atoms with Crippen LogP contribution in [0.4, 0.5) is 0 Å². The van der Waals surface area contributed by atoms with Gasteiger partial charge in [-0.25, -0.2) is 0 Å². The number of hydrogen-bond acceptors (Lipinski definition) is 3. The number of rotatable bonds is 8. The van der Waals surface area contributed by atoms with Crippen LogP contribution < -0.4 is 10.1 Å². The molecule has 0 saturated carbocycles. The SMILES string of the molecule is C=CCc1cc(Cl)ccc1OCCCCN1CCNCC1. The molecule has 1 fully saturated rings. The van der Waals surface area contributed by atoms with Crippen molar-refractivity contribution in [2.24, 2.45) is 0 Å². The molecule has 1 aromatic carbocycles. The summed E-state index contributed by atoms with van der Waals surface area (Å²) in [5.74, 6) is 0.932. The first-order chi connectivity index (χ1) is 10.3. The van der Waals surface area contributed by atoms with Crippen molar-refractivity contribution in [1.29, 1.82) is 0 Å². The molecule has 0 aromatic heterocycles. The molecule has 4 heteroatoms. The predicted molar refractivity (Wildman–Crippen MR) is 89.4 cm³/mol. The van der Waals surface area contributed by atoms with Crippen molar-refractivity contribution >= 4 is 11.6 Å². The molecule has 1 aliphatic heterocycles. The summed E-state index contributed by atoms with van der Waals surface area (Å²) in [6.07, 6.45) is 4.93. The minimum absolute atomic E-state index is 0.748. The van der Waals surface area contributed by atoms with Gasteiger partial charge in [0.15, 0.2) is 0 Å². The van der Waals surface area contributed by atoms with Crippen molar-refractivity contribution in [1.82, 2.24) is 10.2 Å². The Morgan fingerprint density at radius 1 is 1.29 bits per heavy atom. The number of ether oxygens (including phenoxy) is 1. The molecule has 0 spiro atoms. The van der Waals surface area contributed by atoms with Crippen LogP contribution in [0.5, 0.6) is 5.75 Å². The van der Waals surface area contributed by atoms with Gasteiger partial charge in [0.25, 0.3) is 0 Å². The fourth-order valence-electron chi connectivity index (χ4n) is 2.56. The molecule has 0 bridgehead atoms. The Bertz CT molecular complexity index is 444. The summed E-state index contributed by atoms with van der Waals surface area (Å²) in [6, 6.07) is 5.79. The lowest BCUT2D eigenvalue weighted by Gasteiger charge is -2.27. The summed E-state index contributed by atoms with van der Waals surface area (Å²) in [6.45, 7) is 10.3. The van der Waals surface area contributed by atoms with E-state index in [0.29, 0.717) is 0 Å². The second-order valence-electron chi connectivity index (χ2n) is 5.39. The van der Waals surface area contributed by atoms with Crippen LogP contribution in [0.25, 0.3) is 0 Å². The van der Waals surface area contributed by atoms with E-state index in [1.54, 1.807) is 0 Å². The molecule has 1 aliphatic rings. The van der Waals surface area contributed by atoms with Crippen LogP contribution in [0.2, 0.25) is 5.02 Å². The van der Waals surface area contributed by atoms with Gasteiger partial charge in [-0.05, 0) is 49.6 Å². The zero-order valence-corrected chi connectivity index (χ0v) is 13.4. The normalized spacial score (nSPS) is 15.9. The Labute approximate surface area is 132 Å². The molecule has 0 unspecified atom stereocenters. The van der Waals surface area contributed by atoms with Crippen molar-refractivity contribution < 1.29 is 4.74 Å². The highest BCUT2D eigenvalue weighted by Crippen LogP contribution is 2.23. The minimum atomic E-state index is 0.748. The molecule has 0 atom stereocenters. The highest BCUT2D eigenvalue weighted by Gasteiger charge is 2.08. The number of nitrogens with zero attached hydrogens (tertiary/aromatic N) is 1. The van der Waals surface area contributed by atoms with Crippen molar-refractivity contribution in [3.63, 3.8) is 0 Å². The maximum atomic E-state index is 6.02. The van der Waals surface area contributed by atoms with Gasteiger partial charge >= 0.3 is 0 Å². The smallest absolute Gasteiger partial charge is 0.122 e. The lowest BCUT2D eigenvalue weighted by atomic mass is 10.1. The van der Waals surface area contributed by atoms with E-state index in [0.717, 1.165) is 48.9 Å². The van der Waals surface area contributed by atoms with Crippen LogP contribution >= 0.6 is 11.6 Å². The molecule has 0 aliphatic carbocycles. The zero-order valence-electron chi connectivity index (χ0n) is 12.6. The van der Waals surface area contributed by atoms with Gasteiger partial charge in [0.2, 0.25) is 0 Å². The van der Waals surface area contributed by atoms with Gasteiger partial charge in [-0.3, -0.25) is 0 Å². The number of allylic oxidation sites excluding steroid dienone is 1. The molecule has 3 nitrogen and oxygen atoms in total. The van der Waals surface area contributed by atoms with Gasteiger partial charge in [0.05, 0.1) is 6.61 Å². The molecule has 116 valence electrons. The van der Waals surface area contributed by atoms with E-state index in [4.69, 9.17) is 16.3 Å². The van der Waals surface area contributed by atoms with Gasteiger partial charge in [-0.2, -0.15) is 0 Å². The quantitative estimate of drug-likeness (QED) is 0.590. The topological polar surface area (TPSA) is 24.5 Å². The number of unbranched alkanes of at least 4 members (excludes halogenated alkanes) is 1. The Balaban J connectivity index is 1.69. The third kappa shape index (κ3) is 5.70.